The van der Waals surface area contributed by atoms with Gasteiger partial charge in [-0.05, 0) is 31.4 Å². The summed E-state index contributed by atoms with van der Waals surface area (Å²) < 4.78 is 24.9. The first kappa shape index (κ1) is 19.8. The molecule has 2 saturated heterocycles. The van der Waals surface area contributed by atoms with Crippen LogP contribution in [0.25, 0.3) is 0 Å². The maximum Gasteiger partial charge on any atom is 0.191 e. The van der Waals surface area contributed by atoms with Gasteiger partial charge in [0, 0.05) is 58.1 Å². The van der Waals surface area contributed by atoms with Crippen LogP contribution in [-0.2, 0) is 9.47 Å². The van der Waals surface area contributed by atoms with E-state index >= 15 is 0 Å². The summed E-state index contributed by atoms with van der Waals surface area (Å²) in [6.07, 6.45) is 4.57. The van der Waals surface area contributed by atoms with Crippen LogP contribution >= 0.6 is 0 Å². The minimum Gasteiger partial charge on any atom is -0.381 e. The molecular weight excluding hydrogens is 349 g/mol. The number of aliphatic imine (C=N–C) groups is 1. The molecule has 2 aliphatic heterocycles. The molecule has 3 heterocycles. The van der Waals surface area contributed by atoms with Gasteiger partial charge in [-0.1, -0.05) is 0 Å². The summed E-state index contributed by atoms with van der Waals surface area (Å²) in [6, 6.07) is 3.28. The Morgan fingerprint density at radius 1 is 1.48 bits per heavy atom. The first-order valence-electron chi connectivity index (χ1n) is 9.74. The lowest BCUT2D eigenvalue weighted by Crippen LogP contribution is -2.45. The summed E-state index contributed by atoms with van der Waals surface area (Å²) >= 11 is 0. The van der Waals surface area contributed by atoms with Crippen LogP contribution in [0.3, 0.4) is 0 Å². The highest BCUT2D eigenvalue weighted by Crippen LogP contribution is 2.20. The second-order valence-electron chi connectivity index (χ2n) is 7.04. The van der Waals surface area contributed by atoms with Crippen LogP contribution in [0.2, 0.25) is 0 Å². The van der Waals surface area contributed by atoms with Crippen molar-refractivity contribution in [1.82, 2.24) is 15.6 Å². The van der Waals surface area contributed by atoms with Crippen molar-refractivity contribution in [3.63, 3.8) is 0 Å². The molecule has 0 saturated carbocycles. The average Bonchev–Trinajstić information content (AvgIpc) is 3.36. The maximum atomic E-state index is 13.9. The normalized spacial score (nSPS) is 23.0. The fraction of sp³-hybridized carbons (Fsp3) is 0.684. The highest BCUT2D eigenvalue weighted by atomic mass is 19.1. The first-order valence-corrected chi connectivity index (χ1v) is 9.74. The molecule has 3 rings (SSSR count). The van der Waals surface area contributed by atoms with Crippen LogP contribution in [0.4, 0.5) is 10.2 Å². The number of hydrogen-bond acceptors (Lipinski definition) is 5. The van der Waals surface area contributed by atoms with Gasteiger partial charge in [0.2, 0.25) is 0 Å². The van der Waals surface area contributed by atoms with Crippen LogP contribution in [0, 0.1) is 11.7 Å². The van der Waals surface area contributed by atoms with Crippen molar-refractivity contribution in [3.8, 4) is 0 Å². The number of aromatic nitrogens is 1. The number of pyridine rings is 1. The molecule has 8 heteroatoms. The highest BCUT2D eigenvalue weighted by molar-refractivity contribution is 5.80. The molecule has 0 aliphatic carbocycles. The smallest absolute Gasteiger partial charge is 0.191 e. The molecular formula is C19H30FN5O2. The van der Waals surface area contributed by atoms with Crippen molar-refractivity contribution in [3.05, 3.63) is 24.1 Å². The number of anilines is 1. The fourth-order valence-corrected chi connectivity index (χ4v) is 3.41. The average molecular weight is 379 g/mol. The number of hydrogen-bond donors (Lipinski definition) is 2. The number of nitrogens with one attached hydrogen (secondary N) is 2. The molecule has 0 bridgehead atoms. The summed E-state index contributed by atoms with van der Waals surface area (Å²) in [4.78, 5) is 10.4. The predicted molar refractivity (Wildman–Crippen MR) is 104 cm³/mol. The van der Waals surface area contributed by atoms with Gasteiger partial charge < -0.3 is 25.0 Å². The Morgan fingerprint density at radius 3 is 3.19 bits per heavy atom. The molecule has 0 spiro atoms. The Morgan fingerprint density at radius 2 is 2.41 bits per heavy atom. The lowest BCUT2D eigenvalue weighted by atomic mass is 10.1. The molecule has 27 heavy (non-hydrogen) atoms. The van der Waals surface area contributed by atoms with Crippen molar-refractivity contribution in [2.24, 2.45) is 10.9 Å². The van der Waals surface area contributed by atoms with Crippen LogP contribution in [0.15, 0.2) is 23.3 Å². The number of rotatable bonds is 8. The molecule has 0 radical (unpaired) electrons. The summed E-state index contributed by atoms with van der Waals surface area (Å²) in [5.41, 5.74) is 0. The number of ether oxygens (including phenoxy) is 2. The minimum absolute atomic E-state index is 0.219. The van der Waals surface area contributed by atoms with Crippen molar-refractivity contribution < 1.29 is 13.9 Å². The summed E-state index contributed by atoms with van der Waals surface area (Å²) in [7, 11) is 1.76. The van der Waals surface area contributed by atoms with E-state index in [4.69, 9.17) is 9.47 Å². The van der Waals surface area contributed by atoms with Crippen molar-refractivity contribution in [2.45, 2.75) is 25.3 Å². The van der Waals surface area contributed by atoms with Crippen molar-refractivity contribution in [1.29, 1.82) is 0 Å². The van der Waals surface area contributed by atoms with Gasteiger partial charge in [-0.15, -0.1) is 0 Å². The molecule has 0 aromatic carbocycles. The Balaban J connectivity index is 1.31. The topological polar surface area (TPSA) is 71.0 Å². The van der Waals surface area contributed by atoms with Gasteiger partial charge in [-0.3, -0.25) is 4.99 Å². The van der Waals surface area contributed by atoms with Gasteiger partial charge in [-0.2, -0.15) is 0 Å². The van der Waals surface area contributed by atoms with Crippen LogP contribution < -0.4 is 15.5 Å². The third kappa shape index (κ3) is 6.04. The molecule has 1 aromatic heterocycles. The third-order valence-electron chi connectivity index (χ3n) is 4.93. The standard InChI is InChI=1S/C19H30FN5O2/c1-21-19(23-8-3-10-26-13-15-6-11-27-14-15)24-16-5-9-25(12-16)18-17(20)4-2-7-22-18/h2,4,7,15-16H,3,5-6,8-14H2,1H3,(H2,21,23,24). The van der Waals surface area contributed by atoms with E-state index in [0.29, 0.717) is 18.3 Å². The summed E-state index contributed by atoms with van der Waals surface area (Å²) in [6.45, 7) is 5.50. The van der Waals surface area contributed by atoms with Gasteiger partial charge >= 0.3 is 0 Å². The Bertz CT molecular complexity index is 610. The van der Waals surface area contributed by atoms with E-state index in [1.807, 2.05) is 4.90 Å². The van der Waals surface area contributed by atoms with Crippen LogP contribution in [0.5, 0.6) is 0 Å². The molecule has 2 atom stereocenters. The molecule has 2 unspecified atom stereocenters. The second-order valence-corrected chi connectivity index (χ2v) is 7.04. The van der Waals surface area contributed by atoms with E-state index in [2.05, 4.69) is 20.6 Å². The number of halogens is 1. The molecule has 1 aromatic rings. The van der Waals surface area contributed by atoms with Crippen LogP contribution in [0.1, 0.15) is 19.3 Å². The van der Waals surface area contributed by atoms with E-state index in [0.717, 1.165) is 64.7 Å². The lowest BCUT2D eigenvalue weighted by molar-refractivity contribution is 0.0888. The summed E-state index contributed by atoms with van der Waals surface area (Å²) in [5, 5.41) is 6.73. The van der Waals surface area contributed by atoms with E-state index in [-0.39, 0.29) is 11.9 Å². The molecule has 2 N–H and O–H groups in total. The molecule has 2 fully saturated rings. The van der Waals surface area contributed by atoms with E-state index in [9.17, 15) is 4.39 Å². The molecule has 0 amide bonds. The Hall–Kier alpha value is -1.93. The van der Waals surface area contributed by atoms with Gasteiger partial charge in [0.1, 0.15) is 0 Å². The fourth-order valence-electron chi connectivity index (χ4n) is 3.41. The van der Waals surface area contributed by atoms with E-state index in [1.165, 1.54) is 6.07 Å². The zero-order valence-electron chi connectivity index (χ0n) is 16.0. The lowest BCUT2D eigenvalue weighted by Gasteiger charge is -2.20. The molecule has 150 valence electrons. The third-order valence-corrected chi connectivity index (χ3v) is 4.93. The number of guanidine groups is 1. The first-order chi connectivity index (χ1) is 13.3. The molecule has 2 aliphatic rings. The van der Waals surface area contributed by atoms with E-state index < -0.39 is 0 Å². The van der Waals surface area contributed by atoms with Gasteiger partial charge in [0.25, 0.3) is 0 Å². The van der Waals surface area contributed by atoms with Gasteiger partial charge in [0.05, 0.1) is 13.2 Å². The molecule has 7 nitrogen and oxygen atoms in total. The number of nitrogens with zero attached hydrogens (tertiary/aromatic N) is 3. The maximum absolute atomic E-state index is 13.9. The van der Waals surface area contributed by atoms with Gasteiger partial charge in [-0.25, -0.2) is 9.37 Å². The van der Waals surface area contributed by atoms with Crippen molar-refractivity contribution >= 4 is 11.8 Å². The Labute approximate surface area is 160 Å². The van der Waals surface area contributed by atoms with E-state index in [1.54, 1.807) is 19.3 Å². The highest BCUT2D eigenvalue weighted by Gasteiger charge is 2.25. The minimum atomic E-state index is -0.273. The zero-order valence-corrected chi connectivity index (χ0v) is 16.0. The van der Waals surface area contributed by atoms with Crippen molar-refractivity contribution in [2.75, 3.05) is 58.0 Å². The SMILES string of the molecule is CN=C(NCCCOCC1CCOC1)NC1CCN(c2ncccc2F)C1. The second kappa shape index (κ2) is 10.4. The largest absolute Gasteiger partial charge is 0.381 e. The predicted octanol–water partition coefficient (Wildman–Crippen LogP) is 1.41. The van der Waals surface area contributed by atoms with Gasteiger partial charge in [0.15, 0.2) is 17.6 Å². The zero-order chi connectivity index (χ0) is 18.9. The monoisotopic (exact) mass is 379 g/mol. The van der Waals surface area contributed by atoms with Crippen LogP contribution in [-0.4, -0.2) is 70.1 Å². The summed E-state index contributed by atoms with van der Waals surface area (Å²) in [5.74, 6) is 1.48. The Kier molecular flexibility index (Phi) is 7.65. The quantitative estimate of drug-likeness (QED) is 0.404.